The molecule has 0 fully saturated rings. The summed E-state index contributed by atoms with van der Waals surface area (Å²) in [5.74, 6) is 0. The van der Waals surface area contributed by atoms with E-state index in [9.17, 15) is 0 Å². The SMILES string of the molecule is Cc1c[n+](C)c(-c2cc3oc4cc5ccccc5cc4c3cc2C)cc1-c1ccccc1.Cc1cc2c(cc1-c1cc(-c3ccccc3)cc[n+]1C)oc1cc3ccccc3cc12.[2H]C([2H])([2H])c1c[n+](C)c(-c2c(C)cc(C([2H])([2H])[2H])c3c2oc2nc4c(C)cccc4cc23)cc1-c1ccccc1.[2H]C([2H])([2H])c1c[n+](C)c(-c2c(C)ccc3c2oc2nc4ccccc4cc23)cc1-c1ccccc1. The monoisotopic (exact) mass is 1680 g/mol. The van der Waals surface area contributed by atoms with E-state index in [0.717, 1.165) is 94.0 Å². The molecule has 24 aromatic rings. The van der Waals surface area contributed by atoms with Crippen LogP contribution in [0.4, 0.5) is 0 Å². The Morgan fingerprint density at radius 2 is 0.674 bits per heavy atom. The lowest BCUT2D eigenvalue weighted by Gasteiger charge is -2.11. The number of aromatic nitrogens is 6. The van der Waals surface area contributed by atoms with Crippen LogP contribution in [0.2, 0.25) is 0 Å². The Morgan fingerprint density at radius 1 is 0.248 bits per heavy atom. The molecule has 10 heterocycles. The van der Waals surface area contributed by atoms with Crippen molar-refractivity contribution < 1.29 is 48.3 Å². The maximum atomic E-state index is 8.33. The smallest absolute Gasteiger partial charge is 0.227 e. The first-order valence-corrected chi connectivity index (χ1v) is 43.4. The molecule has 622 valence electrons. The van der Waals surface area contributed by atoms with Gasteiger partial charge in [0, 0.05) is 113 Å². The van der Waals surface area contributed by atoms with Crippen molar-refractivity contribution in [2.75, 3.05) is 0 Å². The fourth-order valence-electron chi connectivity index (χ4n) is 18.9. The molecular formula is C119H96N6O4+4. The van der Waals surface area contributed by atoms with Crippen LogP contribution in [0.1, 0.15) is 62.4 Å². The molecule has 0 aliphatic rings. The van der Waals surface area contributed by atoms with Gasteiger partial charge in [0.15, 0.2) is 36.0 Å². The van der Waals surface area contributed by atoms with Crippen LogP contribution in [-0.4, -0.2) is 9.97 Å². The number of furan rings is 4. The van der Waals surface area contributed by atoms with Crippen molar-refractivity contribution in [3.63, 3.8) is 0 Å². The normalized spacial score (nSPS) is 12.9. The molecule has 0 aliphatic heterocycles. The number of hydrogen-bond donors (Lipinski definition) is 0. The molecule has 14 aromatic carbocycles. The molecule has 0 radical (unpaired) electrons. The van der Waals surface area contributed by atoms with Crippen molar-refractivity contribution in [1.82, 2.24) is 9.97 Å². The first-order valence-electron chi connectivity index (χ1n) is 47.9. The molecule has 0 N–H and O–H groups in total. The second-order valence-corrected chi connectivity index (χ2v) is 34.0. The van der Waals surface area contributed by atoms with Crippen LogP contribution in [0.25, 0.3) is 221 Å². The maximum absolute atomic E-state index is 8.33. The number of para-hydroxylation sites is 2. The van der Waals surface area contributed by atoms with Crippen molar-refractivity contribution in [3.05, 3.63) is 396 Å². The lowest BCUT2D eigenvalue weighted by molar-refractivity contribution is -0.660. The van der Waals surface area contributed by atoms with Crippen LogP contribution >= 0.6 is 0 Å². The largest absolute Gasteiger partial charge is 0.456 e. The molecule has 0 aliphatic carbocycles. The number of benzene rings is 14. The Bertz CT molecular complexity index is 9030. The zero-order valence-electron chi connectivity index (χ0n) is 82.2. The first-order chi connectivity index (χ1) is 66.4. The van der Waals surface area contributed by atoms with Gasteiger partial charge in [-0.05, 0) is 228 Å². The third kappa shape index (κ3) is 14.6. The van der Waals surface area contributed by atoms with Gasteiger partial charge in [-0.2, -0.15) is 0 Å². The Hall–Kier alpha value is -15.8. The molecule has 0 saturated carbocycles. The molecule has 129 heavy (non-hydrogen) atoms. The van der Waals surface area contributed by atoms with E-state index < -0.39 is 20.6 Å². The molecule has 24 rings (SSSR count). The van der Waals surface area contributed by atoms with E-state index in [1.807, 2.05) is 148 Å². The molecule has 10 aromatic heterocycles. The second kappa shape index (κ2) is 32.6. The summed E-state index contributed by atoms with van der Waals surface area (Å²) in [7, 11) is 7.89. The van der Waals surface area contributed by atoms with Gasteiger partial charge in [0.25, 0.3) is 0 Å². The summed E-state index contributed by atoms with van der Waals surface area (Å²) < 4.78 is 108. The van der Waals surface area contributed by atoms with Crippen molar-refractivity contribution in [3.8, 4) is 89.5 Å². The van der Waals surface area contributed by atoms with E-state index in [2.05, 4.69) is 257 Å². The molecule has 0 atom stereocenters. The highest BCUT2D eigenvalue weighted by molar-refractivity contribution is 6.16. The summed E-state index contributed by atoms with van der Waals surface area (Å²) >= 11 is 0. The van der Waals surface area contributed by atoms with Crippen LogP contribution in [0.3, 0.4) is 0 Å². The third-order valence-electron chi connectivity index (χ3n) is 25.5. The number of fused-ring (bicyclic) bond motifs is 16. The van der Waals surface area contributed by atoms with Gasteiger partial charge < -0.3 is 17.7 Å². The highest BCUT2D eigenvalue weighted by Crippen LogP contribution is 2.45. The van der Waals surface area contributed by atoms with Crippen molar-refractivity contribution in [2.45, 2.75) is 62.1 Å². The predicted octanol–water partition coefficient (Wildman–Crippen LogP) is 29.2. The van der Waals surface area contributed by atoms with Crippen molar-refractivity contribution >= 4 is 131 Å². The van der Waals surface area contributed by atoms with E-state index in [1.54, 1.807) is 30.1 Å². The van der Waals surface area contributed by atoms with Crippen LogP contribution in [0.15, 0.2) is 364 Å². The van der Waals surface area contributed by atoms with Gasteiger partial charge in [0.1, 0.15) is 50.5 Å². The van der Waals surface area contributed by atoms with Crippen LogP contribution in [0, 0.1) is 62.1 Å². The average Bonchev–Trinajstić information content (AvgIpc) is 1.60. The zero-order chi connectivity index (χ0) is 95.6. The number of aryl methyl sites for hydroxylation is 13. The molecule has 10 nitrogen and oxygen atoms in total. The summed E-state index contributed by atoms with van der Waals surface area (Å²) in [6.45, 7) is 5.46. The maximum Gasteiger partial charge on any atom is 0.227 e. The number of rotatable bonds is 8. The van der Waals surface area contributed by atoms with Gasteiger partial charge in [-0.25, -0.2) is 28.2 Å². The number of nitrogens with zero attached hydrogens (tertiary/aromatic N) is 6. The lowest BCUT2D eigenvalue weighted by atomic mass is 9.94. The summed E-state index contributed by atoms with van der Waals surface area (Å²) in [5.41, 5.74) is 30.5. The van der Waals surface area contributed by atoms with Crippen LogP contribution < -0.4 is 18.3 Å². The van der Waals surface area contributed by atoms with Crippen LogP contribution in [0.5, 0.6) is 0 Å². The highest BCUT2D eigenvalue weighted by Gasteiger charge is 2.29. The molecular weight excluding hydrogens is 1580 g/mol. The van der Waals surface area contributed by atoms with E-state index >= 15 is 0 Å². The fourth-order valence-corrected chi connectivity index (χ4v) is 18.9. The van der Waals surface area contributed by atoms with Gasteiger partial charge in [-0.15, -0.1) is 0 Å². The van der Waals surface area contributed by atoms with Crippen LogP contribution in [-0.2, 0) is 28.2 Å². The summed E-state index contributed by atoms with van der Waals surface area (Å²) in [4.78, 5) is 9.57. The second-order valence-electron chi connectivity index (χ2n) is 34.0. The molecule has 0 unspecified atom stereocenters. The first kappa shape index (κ1) is 70.5. The van der Waals surface area contributed by atoms with E-state index in [1.165, 1.54) is 105 Å². The lowest BCUT2D eigenvalue weighted by Crippen LogP contribution is -2.31. The Kier molecular flexibility index (Phi) is 17.8. The number of pyridine rings is 6. The van der Waals surface area contributed by atoms with Gasteiger partial charge in [0.05, 0.1) is 33.3 Å². The minimum atomic E-state index is -2.39. The van der Waals surface area contributed by atoms with E-state index in [0.29, 0.717) is 61.3 Å². The van der Waals surface area contributed by atoms with Crippen molar-refractivity contribution in [2.24, 2.45) is 28.2 Å². The Balaban J connectivity index is 0.000000110. The van der Waals surface area contributed by atoms with Gasteiger partial charge in [0.2, 0.25) is 34.2 Å². The topological polar surface area (TPSA) is 93.9 Å². The standard InChI is InChI=1S/C31H27N2O.C30H24NO.C29H23N2O.C29H22NO/c1-18-10-9-13-23-15-25-27-19(2)14-20(3)28(30(27)34-31(25)32-29(18)23)26-16-24(21(4)17-33(26)5)22-11-7-6-8-12-22;1-19-13-26-27-14-22-11-7-8-12-23(22)15-29(27)32-30(26)17-25(19)28-16-24(20(2)18-31(28)3)21-9-5-4-6-10-21;1-18-13-14-22-24-15-21-11-7-8-12-25(21)30-29(24)32-28(22)27(18)26-16-23(19(2)17-31(26)3)20-9-5-4-6-10-20;1-19-14-25-26-15-21-10-6-7-11-22(21)17-28(26)31-29(25)18-24(19)27-16-23(12-13-30(27)2)20-8-4-3-5-9-20/h6-17H,1-5H3;4-18H,1-3H3;4-17H,1-3H3;3-18H,1-2H3/q4*+1/i2D3,4D3;;2D3;. The third-order valence-corrected chi connectivity index (χ3v) is 25.5. The van der Waals surface area contributed by atoms with Crippen molar-refractivity contribution in [1.29, 1.82) is 0 Å². The molecule has 10 heteroatoms. The predicted molar refractivity (Wildman–Crippen MR) is 531 cm³/mol. The van der Waals surface area contributed by atoms with Gasteiger partial charge in [-0.1, -0.05) is 224 Å². The fraction of sp³-hybridized carbons (Fsp3) is 0.109. The number of hydrogen-bond acceptors (Lipinski definition) is 6. The van der Waals surface area contributed by atoms with E-state index in [4.69, 9.17) is 40.0 Å². The average molecular weight is 1680 g/mol. The molecule has 0 spiro atoms. The summed E-state index contributed by atoms with van der Waals surface area (Å²) in [6, 6.07) is 109. The van der Waals surface area contributed by atoms with E-state index in [-0.39, 0.29) is 11.1 Å². The highest BCUT2D eigenvalue weighted by atomic mass is 16.3. The van der Waals surface area contributed by atoms with Gasteiger partial charge in [-0.3, -0.25) is 0 Å². The van der Waals surface area contributed by atoms with Gasteiger partial charge >= 0.3 is 0 Å². The quantitative estimate of drug-likeness (QED) is 0.141. The summed E-state index contributed by atoms with van der Waals surface area (Å²) in [6.07, 6.45) is 7.70. The summed E-state index contributed by atoms with van der Waals surface area (Å²) in [5, 5.41) is 14.6. The molecule has 0 saturated heterocycles. The Labute approximate surface area is 761 Å². The zero-order valence-corrected chi connectivity index (χ0v) is 73.2. The Morgan fingerprint density at radius 3 is 1.23 bits per heavy atom. The molecule has 0 amide bonds. The molecule has 0 bridgehead atoms. The minimum absolute atomic E-state index is 0.196. The minimum Gasteiger partial charge on any atom is -0.456 e.